The van der Waals surface area contributed by atoms with E-state index in [1.165, 1.54) is 36.8 Å². The zero-order chi connectivity index (χ0) is 21.0. The monoisotopic (exact) mass is 414 g/mol. The van der Waals surface area contributed by atoms with Crippen molar-refractivity contribution in [1.82, 2.24) is 9.88 Å². The van der Waals surface area contributed by atoms with E-state index in [1.807, 2.05) is 24.3 Å². The van der Waals surface area contributed by atoms with Crippen molar-refractivity contribution in [1.29, 1.82) is 0 Å². The van der Waals surface area contributed by atoms with Gasteiger partial charge < -0.3 is 10.2 Å². The molecule has 1 fully saturated rings. The number of nitrogens with one attached hydrogen (secondary N) is 1. The van der Waals surface area contributed by atoms with Gasteiger partial charge in [-0.05, 0) is 44.0 Å². The van der Waals surface area contributed by atoms with E-state index in [0.717, 1.165) is 55.0 Å². The first-order chi connectivity index (χ1) is 15.3. The quantitative estimate of drug-likeness (QED) is 0.662. The highest BCUT2D eigenvalue weighted by atomic mass is 16.2. The van der Waals surface area contributed by atoms with E-state index in [4.69, 9.17) is 4.98 Å². The van der Waals surface area contributed by atoms with Crippen LogP contribution in [0.25, 0.3) is 10.9 Å². The van der Waals surface area contributed by atoms with Gasteiger partial charge in [0, 0.05) is 24.0 Å². The largest absolute Gasteiger partial charge is 0.352 e. The molecular weight excluding hydrogens is 384 g/mol. The smallest absolute Gasteiger partial charge is 0.238 e. The zero-order valence-corrected chi connectivity index (χ0v) is 18.0. The molecule has 2 aliphatic rings. The van der Waals surface area contributed by atoms with Crippen molar-refractivity contribution in [2.75, 3.05) is 36.4 Å². The number of benzene rings is 2. The molecule has 0 aliphatic carbocycles. The van der Waals surface area contributed by atoms with Crippen LogP contribution in [0.1, 0.15) is 36.8 Å². The lowest BCUT2D eigenvalue weighted by Crippen LogP contribution is -2.34. The number of para-hydroxylation sites is 1. The average Bonchev–Trinajstić information content (AvgIpc) is 3.01. The van der Waals surface area contributed by atoms with E-state index in [1.54, 1.807) is 0 Å². The number of likely N-dealkylation sites (tertiary alicyclic amines) is 1. The third-order valence-electron chi connectivity index (χ3n) is 6.45. The highest BCUT2D eigenvalue weighted by molar-refractivity contribution is 6.04. The maximum Gasteiger partial charge on any atom is 0.238 e. The molecule has 0 spiro atoms. The summed E-state index contributed by atoms with van der Waals surface area (Å²) >= 11 is 0. The Hall–Kier alpha value is -2.92. The summed E-state index contributed by atoms with van der Waals surface area (Å²) in [5.41, 5.74) is 4.33. The molecule has 5 heteroatoms. The second kappa shape index (κ2) is 9.06. The summed E-state index contributed by atoms with van der Waals surface area (Å²) in [5, 5.41) is 4.32. The number of aromatic nitrogens is 1. The molecule has 1 aromatic heterocycles. The van der Waals surface area contributed by atoms with Crippen molar-refractivity contribution in [3.05, 3.63) is 65.7 Å². The molecule has 1 amide bonds. The van der Waals surface area contributed by atoms with E-state index in [-0.39, 0.29) is 5.91 Å². The normalized spacial score (nSPS) is 16.8. The Kier molecular flexibility index (Phi) is 5.85. The lowest BCUT2D eigenvalue weighted by atomic mass is 10.1. The Bertz CT molecular complexity index is 1060. The molecule has 3 aromatic rings. The van der Waals surface area contributed by atoms with Crippen LogP contribution in [0.15, 0.2) is 54.6 Å². The maximum absolute atomic E-state index is 13.0. The summed E-state index contributed by atoms with van der Waals surface area (Å²) < 4.78 is 0. The van der Waals surface area contributed by atoms with Gasteiger partial charge in [0.2, 0.25) is 5.91 Å². The van der Waals surface area contributed by atoms with Crippen molar-refractivity contribution in [3.63, 3.8) is 0 Å². The number of carbonyl (C=O) groups is 1. The summed E-state index contributed by atoms with van der Waals surface area (Å²) in [6.07, 6.45) is 5.83. The summed E-state index contributed by atoms with van der Waals surface area (Å²) in [7, 11) is 0. The Morgan fingerprint density at radius 2 is 1.65 bits per heavy atom. The molecule has 2 aromatic carbocycles. The number of hydrogen-bond acceptors (Lipinski definition) is 4. The van der Waals surface area contributed by atoms with Crippen molar-refractivity contribution in [2.24, 2.45) is 0 Å². The van der Waals surface area contributed by atoms with Gasteiger partial charge >= 0.3 is 0 Å². The van der Waals surface area contributed by atoms with Gasteiger partial charge in [0.1, 0.15) is 5.82 Å². The van der Waals surface area contributed by atoms with Crippen molar-refractivity contribution in [3.8, 4) is 0 Å². The molecule has 0 saturated carbocycles. The van der Waals surface area contributed by atoms with Crippen LogP contribution in [0.3, 0.4) is 0 Å². The van der Waals surface area contributed by atoms with E-state index in [0.29, 0.717) is 6.54 Å². The van der Waals surface area contributed by atoms with Crippen LogP contribution in [-0.2, 0) is 17.8 Å². The number of carbonyl (C=O) groups excluding carboxylic acids is 1. The van der Waals surface area contributed by atoms with E-state index < -0.39 is 0 Å². The molecule has 3 heterocycles. The Morgan fingerprint density at radius 3 is 2.45 bits per heavy atom. The highest BCUT2D eigenvalue weighted by Gasteiger charge is 2.27. The molecular formula is C26H30N4O. The lowest BCUT2D eigenvalue weighted by Gasteiger charge is -2.21. The molecule has 0 bridgehead atoms. The van der Waals surface area contributed by atoms with Gasteiger partial charge in [0.25, 0.3) is 0 Å². The standard InChI is InChI=1S/C26H30N4O/c31-24(19-29-15-8-1-2-9-16-29)28-25-21-12-6-7-13-23(21)27-26-22(25)14-17-30(26)18-20-10-4-3-5-11-20/h3-7,10-13H,1-2,8-9,14-19H2,(H,27,28,31). The molecule has 0 unspecified atom stereocenters. The van der Waals surface area contributed by atoms with Gasteiger partial charge in [-0.1, -0.05) is 61.4 Å². The summed E-state index contributed by atoms with van der Waals surface area (Å²) in [5.74, 6) is 1.09. The molecule has 0 radical (unpaired) electrons. The SMILES string of the molecule is O=C(CN1CCCCCC1)Nc1c2c(nc3ccccc13)N(Cc1ccccc1)CC2. The topological polar surface area (TPSA) is 48.5 Å². The minimum absolute atomic E-state index is 0.0852. The summed E-state index contributed by atoms with van der Waals surface area (Å²) in [6, 6.07) is 18.7. The highest BCUT2D eigenvalue weighted by Crippen LogP contribution is 2.38. The van der Waals surface area contributed by atoms with E-state index in [2.05, 4.69) is 45.4 Å². The molecule has 5 rings (SSSR count). The van der Waals surface area contributed by atoms with Gasteiger partial charge in [-0.25, -0.2) is 4.98 Å². The number of fused-ring (bicyclic) bond motifs is 2. The predicted molar refractivity (Wildman–Crippen MR) is 126 cm³/mol. The number of hydrogen-bond donors (Lipinski definition) is 1. The fourth-order valence-electron chi connectivity index (χ4n) is 4.87. The average molecular weight is 415 g/mol. The van der Waals surface area contributed by atoms with Crippen LogP contribution in [0, 0.1) is 0 Å². The number of nitrogens with zero attached hydrogens (tertiary/aromatic N) is 3. The molecule has 160 valence electrons. The fourth-order valence-corrected chi connectivity index (χ4v) is 4.87. The van der Waals surface area contributed by atoms with Crippen LogP contribution >= 0.6 is 0 Å². The number of anilines is 2. The zero-order valence-electron chi connectivity index (χ0n) is 18.0. The van der Waals surface area contributed by atoms with Crippen molar-refractivity contribution in [2.45, 2.75) is 38.6 Å². The lowest BCUT2D eigenvalue weighted by molar-refractivity contribution is -0.117. The fraction of sp³-hybridized carbons (Fsp3) is 0.385. The van der Waals surface area contributed by atoms with Crippen LogP contribution in [-0.4, -0.2) is 42.0 Å². The van der Waals surface area contributed by atoms with E-state index >= 15 is 0 Å². The van der Waals surface area contributed by atoms with Crippen LogP contribution in [0.5, 0.6) is 0 Å². The van der Waals surface area contributed by atoms with Gasteiger partial charge in [0.05, 0.1) is 17.7 Å². The first kappa shape index (κ1) is 20.0. The Morgan fingerprint density at radius 1 is 0.903 bits per heavy atom. The summed E-state index contributed by atoms with van der Waals surface area (Å²) in [4.78, 5) is 22.6. The van der Waals surface area contributed by atoms with Crippen molar-refractivity contribution < 1.29 is 4.79 Å². The van der Waals surface area contributed by atoms with Gasteiger partial charge in [-0.3, -0.25) is 9.69 Å². The Balaban J connectivity index is 1.43. The molecule has 2 aliphatic heterocycles. The molecule has 1 saturated heterocycles. The summed E-state index contributed by atoms with van der Waals surface area (Å²) in [6.45, 7) is 4.27. The van der Waals surface area contributed by atoms with Gasteiger partial charge in [0.15, 0.2) is 0 Å². The second-order valence-corrected chi connectivity index (χ2v) is 8.70. The first-order valence-corrected chi connectivity index (χ1v) is 11.5. The van der Waals surface area contributed by atoms with Gasteiger partial charge in [-0.2, -0.15) is 0 Å². The number of rotatable bonds is 5. The minimum Gasteiger partial charge on any atom is -0.352 e. The third kappa shape index (κ3) is 4.42. The number of amides is 1. The van der Waals surface area contributed by atoms with Crippen LogP contribution in [0.2, 0.25) is 0 Å². The molecule has 0 atom stereocenters. The third-order valence-corrected chi connectivity index (χ3v) is 6.45. The molecule has 1 N–H and O–H groups in total. The predicted octanol–water partition coefficient (Wildman–Crippen LogP) is 4.61. The molecule has 5 nitrogen and oxygen atoms in total. The van der Waals surface area contributed by atoms with Crippen LogP contribution < -0.4 is 10.2 Å². The Labute approximate surface area is 184 Å². The first-order valence-electron chi connectivity index (χ1n) is 11.5. The van der Waals surface area contributed by atoms with Crippen molar-refractivity contribution >= 4 is 28.3 Å². The minimum atomic E-state index is 0.0852. The van der Waals surface area contributed by atoms with Crippen LogP contribution in [0.4, 0.5) is 11.5 Å². The number of pyridine rings is 1. The second-order valence-electron chi connectivity index (χ2n) is 8.70. The maximum atomic E-state index is 13.0. The molecule has 31 heavy (non-hydrogen) atoms. The van der Waals surface area contributed by atoms with E-state index in [9.17, 15) is 4.79 Å². The van der Waals surface area contributed by atoms with Gasteiger partial charge in [-0.15, -0.1) is 0 Å².